The molecule has 1 aromatic rings. The number of piperazine rings is 1. The Morgan fingerprint density at radius 1 is 1.25 bits per heavy atom. The van der Waals surface area contributed by atoms with Crippen molar-refractivity contribution >= 4 is 17.5 Å². The second-order valence-electron chi connectivity index (χ2n) is 6.32. The maximum atomic E-state index is 12.4. The van der Waals surface area contributed by atoms with Gasteiger partial charge in [-0.2, -0.15) is 0 Å². The van der Waals surface area contributed by atoms with E-state index in [9.17, 15) is 9.90 Å². The summed E-state index contributed by atoms with van der Waals surface area (Å²) >= 11 is 5.85. The standard InChI is InChI=1S/C17H24ClN3O3/c18-13-1-3-15(4-2-13)24-10-9-20-5-7-21(8-6-20)17(23)16-11-14(22)12-19-16/h1-4,14,16,19,22H,5-12H2/t14-,16+/m0/s1. The number of nitrogens with zero attached hydrogens (tertiary/aromatic N) is 2. The molecule has 0 aliphatic carbocycles. The number of benzene rings is 1. The largest absolute Gasteiger partial charge is 0.492 e. The number of hydrogen-bond acceptors (Lipinski definition) is 5. The molecular formula is C17H24ClN3O3. The van der Waals surface area contributed by atoms with Crippen LogP contribution in [0.3, 0.4) is 0 Å². The smallest absolute Gasteiger partial charge is 0.239 e. The molecule has 2 saturated heterocycles. The van der Waals surface area contributed by atoms with Gasteiger partial charge in [0.2, 0.25) is 5.91 Å². The quantitative estimate of drug-likeness (QED) is 0.811. The predicted molar refractivity (Wildman–Crippen MR) is 92.4 cm³/mol. The molecule has 2 fully saturated rings. The second-order valence-corrected chi connectivity index (χ2v) is 6.76. The Bertz CT molecular complexity index is 547. The molecule has 2 atom stereocenters. The average molecular weight is 354 g/mol. The van der Waals surface area contributed by atoms with E-state index in [2.05, 4.69) is 10.2 Å². The molecule has 132 valence electrons. The number of hydrogen-bond donors (Lipinski definition) is 2. The van der Waals surface area contributed by atoms with Crippen molar-refractivity contribution in [3.8, 4) is 5.75 Å². The van der Waals surface area contributed by atoms with Gasteiger partial charge in [0.15, 0.2) is 0 Å². The number of nitrogens with one attached hydrogen (secondary N) is 1. The van der Waals surface area contributed by atoms with Crippen molar-refractivity contribution in [2.45, 2.75) is 18.6 Å². The highest BCUT2D eigenvalue weighted by atomic mass is 35.5. The van der Waals surface area contributed by atoms with Crippen LogP contribution >= 0.6 is 11.6 Å². The number of ether oxygens (including phenoxy) is 1. The molecule has 0 aromatic heterocycles. The maximum absolute atomic E-state index is 12.4. The van der Waals surface area contributed by atoms with Gasteiger partial charge in [-0.15, -0.1) is 0 Å². The van der Waals surface area contributed by atoms with Crippen LogP contribution in [-0.4, -0.2) is 78.8 Å². The molecule has 0 spiro atoms. The number of amides is 1. The molecule has 7 heteroatoms. The van der Waals surface area contributed by atoms with E-state index in [1.54, 1.807) is 0 Å². The zero-order chi connectivity index (χ0) is 16.9. The van der Waals surface area contributed by atoms with Crippen LogP contribution < -0.4 is 10.1 Å². The Hall–Kier alpha value is -1.34. The number of carbonyl (C=O) groups excluding carboxylic acids is 1. The zero-order valence-corrected chi connectivity index (χ0v) is 14.4. The van der Waals surface area contributed by atoms with Crippen molar-refractivity contribution in [1.29, 1.82) is 0 Å². The van der Waals surface area contributed by atoms with E-state index in [0.717, 1.165) is 38.5 Å². The molecule has 2 heterocycles. The number of halogens is 1. The van der Waals surface area contributed by atoms with Gasteiger partial charge in [0.05, 0.1) is 12.1 Å². The second kappa shape index (κ2) is 8.16. The Morgan fingerprint density at radius 2 is 1.96 bits per heavy atom. The molecule has 6 nitrogen and oxygen atoms in total. The number of rotatable bonds is 5. The van der Waals surface area contributed by atoms with Gasteiger partial charge in [0.25, 0.3) is 0 Å². The summed E-state index contributed by atoms with van der Waals surface area (Å²) in [6.07, 6.45) is 0.124. The van der Waals surface area contributed by atoms with Crippen LogP contribution in [0.15, 0.2) is 24.3 Å². The van der Waals surface area contributed by atoms with Crippen LogP contribution in [0, 0.1) is 0 Å². The molecule has 2 N–H and O–H groups in total. The van der Waals surface area contributed by atoms with Crippen molar-refractivity contribution in [2.24, 2.45) is 0 Å². The van der Waals surface area contributed by atoms with Crippen LogP contribution in [0.4, 0.5) is 0 Å². The summed E-state index contributed by atoms with van der Waals surface area (Å²) in [5, 5.41) is 13.3. The Morgan fingerprint density at radius 3 is 2.58 bits per heavy atom. The Kier molecular flexibility index (Phi) is 5.94. The predicted octanol–water partition coefficient (Wildman–Crippen LogP) is 0.586. The number of aliphatic hydroxyl groups excluding tert-OH is 1. The lowest BCUT2D eigenvalue weighted by Crippen LogP contribution is -2.53. The third-order valence-electron chi connectivity index (χ3n) is 4.58. The van der Waals surface area contributed by atoms with E-state index in [1.165, 1.54) is 0 Å². The van der Waals surface area contributed by atoms with Gasteiger partial charge in [-0.25, -0.2) is 0 Å². The topological polar surface area (TPSA) is 65.0 Å². The molecule has 0 bridgehead atoms. The van der Waals surface area contributed by atoms with Gasteiger partial charge in [-0.05, 0) is 30.7 Å². The van der Waals surface area contributed by atoms with Crippen molar-refractivity contribution in [3.63, 3.8) is 0 Å². The van der Waals surface area contributed by atoms with Crippen molar-refractivity contribution in [2.75, 3.05) is 45.9 Å². The number of β-amino-alcohol motifs (C(OH)–C–C–N with tert-alkyl or cyclic N) is 1. The Balaban J connectivity index is 1.36. The van der Waals surface area contributed by atoms with E-state index < -0.39 is 6.10 Å². The van der Waals surface area contributed by atoms with Gasteiger partial charge >= 0.3 is 0 Å². The first kappa shape index (κ1) is 17.5. The molecule has 2 aliphatic rings. The highest BCUT2D eigenvalue weighted by molar-refractivity contribution is 6.30. The normalized spacial score (nSPS) is 25.0. The fraction of sp³-hybridized carbons (Fsp3) is 0.588. The van der Waals surface area contributed by atoms with Crippen LogP contribution in [0.2, 0.25) is 5.02 Å². The molecular weight excluding hydrogens is 330 g/mol. The Labute approximate surface area is 147 Å². The summed E-state index contributed by atoms with van der Waals surface area (Å²) in [6.45, 7) is 5.13. The minimum atomic E-state index is -0.398. The fourth-order valence-corrected chi connectivity index (χ4v) is 3.27. The third kappa shape index (κ3) is 4.60. The first-order valence-electron chi connectivity index (χ1n) is 8.43. The van der Waals surface area contributed by atoms with Gasteiger partial charge < -0.3 is 20.1 Å². The van der Waals surface area contributed by atoms with E-state index in [1.807, 2.05) is 29.2 Å². The SMILES string of the molecule is O=C([C@H]1C[C@H](O)CN1)N1CCN(CCOc2ccc(Cl)cc2)CC1. The first-order chi connectivity index (χ1) is 11.6. The van der Waals surface area contributed by atoms with Crippen LogP contribution in [-0.2, 0) is 4.79 Å². The molecule has 3 rings (SSSR count). The summed E-state index contributed by atoms with van der Waals surface area (Å²) < 4.78 is 5.71. The summed E-state index contributed by atoms with van der Waals surface area (Å²) in [5.41, 5.74) is 0. The van der Waals surface area contributed by atoms with Gasteiger partial charge in [-0.3, -0.25) is 9.69 Å². The van der Waals surface area contributed by atoms with Gasteiger partial charge in [0, 0.05) is 44.3 Å². The van der Waals surface area contributed by atoms with E-state index >= 15 is 0 Å². The monoisotopic (exact) mass is 353 g/mol. The van der Waals surface area contributed by atoms with Crippen molar-refractivity contribution in [1.82, 2.24) is 15.1 Å². The molecule has 24 heavy (non-hydrogen) atoms. The third-order valence-corrected chi connectivity index (χ3v) is 4.83. The lowest BCUT2D eigenvalue weighted by Gasteiger charge is -2.35. The zero-order valence-electron chi connectivity index (χ0n) is 13.7. The van der Waals surface area contributed by atoms with E-state index in [-0.39, 0.29) is 11.9 Å². The lowest BCUT2D eigenvalue weighted by molar-refractivity contribution is -0.135. The number of aliphatic hydroxyl groups is 1. The molecule has 1 aromatic carbocycles. The van der Waals surface area contributed by atoms with Gasteiger partial charge in [-0.1, -0.05) is 11.6 Å². The molecule has 1 amide bonds. The molecule has 0 unspecified atom stereocenters. The summed E-state index contributed by atoms with van der Waals surface area (Å²) in [7, 11) is 0. The molecule has 2 aliphatic heterocycles. The molecule has 0 saturated carbocycles. The summed E-state index contributed by atoms with van der Waals surface area (Å²) in [4.78, 5) is 16.6. The highest BCUT2D eigenvalue weighted by Crippen LogP contribution is 2.16. The maximum Gasteiger partial charge on any atom is 0.239 e. The molecule has 0 radical (unpaired) electrons. The van der Waals surface area contributed by atoms with Gasteiger partial charge in [0.1, 0.15) is 12.4 Å². The fourth-order valence-electron chi connectivity index (χ4n) is 3.14. The lowest BCUT2D eigenvalue weighted by atomic mass is 10.1. The summed E-state index contributed by atoms with van der Waals surface area (Å²) in [6, 6.07) is 7.13. The number of carbonyl (C=O) groups is 1. The van der Waals surface area contributed by atoms with Crippen LogP contribution in [0.5, 0.6) is 5.75 Å². The van der Waals surface area contributed by atoms with Crippen LogP contribution in [0.25, 0.3) is 0 Å². The minimum Gasteiger partial charge on any atom is -0.492 e. The van der Waals surface area contributed by atoms with Crippen molar-refractivity contribution in [3.05, 3.63) is 29.3 Å². The van der Waals surface area contributed by atoms with Crippen LogP contribution in [0.1, 0.15) is 6.42 Å². The first-order valence-corrected chi connectivity index (χ1v) is 8.80. The minimum absolute atomic E-state index is 0.114. The van der Waals surface area contributed by atoms with E-state index in [4.69, 9.17) is 16.3 Å². The van der Waals surface area contributed by atoms with E-state index in [0.29, 0.717) is 24.6 Å². The average Bonchev–Trinajstić information content (AvgIpc) is 3.03. The highest BCUT2D eigenvalue weighted by Gasteiger charge is 2.32. The summed E-state index contributed by atoms with van der Waals surface area (Å²) in [5.74, 6) is 0.933. The van der Waals surface area contributed by atoms with Crippen molar-refractivity contribution < 1.29 is 14.6 Å².